The molecule has 32 heavy (non-hydrogen) atoms. The fourth-order valence-corrected chi connectivity index (χ4v) is 4.16. The van der Waals surface area contributed by atoms with Crippen LogP contribution in [0.15, 0.2) is 48.5 Å². The van der Waals surface area contributed by atoms with Gasteiger partial charge in [-0.05, 0) is 49.4 Å². The van der Waals surface area contributed by atoms with Crippen molar-refractivity contribution in [3.63, 3.8) is 0 Å². The number of hydrogen-bond donors (Lipinski definition) is 2. The molecule has 0 bridgehead atoms. The minimum atomic E-state index is -1.18. The Balaban J connectivity index is 1.61. The largest absolute Gasteiger partial charge is 0.481 e. The topological polar surface area (TPSA) is 95.9 Å². The van der Waals surface area contributed by atoms with Crippen molar-refractivity contribution in [1.82, 2.24) is 10.2 Å². The number of fused-ring (bicyclic) bond motifs is 3. The first-order chi connectivity index (χ1) is 15.2. The number of alkyl carbamates (subject to hydrolysis) is 1. The second-order valence-corrected chi connectivity index (χ2v) is 8.46. The average molecular weight is 439 g/mol. The Hall–Kier alpha value is -3.35. The summed E-state index contributed by atoms with van der Waals surface area (Å²) >= 11 is 0. The number of rotatable bonds is 9. The standard InChI is InChI=1S/C25H30N2O5/c1-4-27(15-9-14-22(28)29)23(30)25(2,3)26-24(31)32-16-21-19-12-7-5-10-17(19)18-11-6-8-13-20(18)21/h5-8,10-13,21H,4,9,14-16H2,1-3H3,(H,26,31)(H,28,29). The lowest BCUT2D eigenvalue weighted by Crippen LogP contribution is -2.56. The lowest BCUT2D eigenvalue weighted by atomic mass is 9.98. The molecule has 2 amide bonds. The van der Waals surface area contributed by atoms with E-state index in [9.17, 15) is 14.4 Å². The van der Waals surface area contributed by atoms with Gasteiger partial charge >= 0.3 is 12.1 Å². The Morgan fingerprint density at radius 2 is 1.59 bits per heavy atom. The van der Waals surface area contributed by atoms with Gasteiger partial charge in [0, 0.05) is 25.4 Å². The van der Waals surface area contributed by atoms with Crippen LogP contribution in [0, 0.1) is 0 Å². The average Bonchev–Trinajstić information content (AvgIpc) is 3.08. The molecule has 0 aromatic heterocycles. The quantitative estimate of drug-likeness (QED) is 0.617. The molecule has 0 saturated carbocycles. The summed E-state index contributed by atoms with van der Waals surface area (Å²) < 4.78 is 5.55. The molecular formula is C25H30N2O5. The van der Waals surface area contributed by atoms with Gasteiger partial charge in [0.15, 0.2) is 0 Å². The number of ether oxygens (including phenoxy) is 1. The van der Waals surface area contributed by atoms with Crippen LogP contribution in [0.3, 0.4) is 0 Å². The van der Waals surface area contributed by atoms with Gasteiger partial charge in [0.1, 0.15) is 12.1 Å². The summed E-state index contributed by atoms with van der Waals surface area (Å²) in [7, 11) is 0. The number of nitrogens with one attached hydrogen (secondary N) is 1. The maximum absolute atomic E-state index is 12.9. The third kappa shape index (κ3) is 5.10. The molecule has 3 rings (SSSR count). The van der Waals surface area contributed by atoms with Crippen molar-refractivity contribution >= 4 is 18.0 Å². The third-order valence-electron chi connectivity index (χ3n) is 5.78. The van der Waals surface area contributed by atoms with E-state index in [0.29, 0.717) is 19.5 Å². The van der Waals surface area contributed by atoms with Gasteiger partial charge in [-0.2, -0.15) is 0 Å². The number of likely N-dealkylation sites (N-methyl/N-ethyl adjacent to an activating group) is 1. The highest BCUT2D eigenvalue weighted by molar-refractivity contribution is 5.89. The fourth-order valence-electron chi connectivity index (χ4n) is 4.16. The second-order valence-electron chi connectivity index (χ2n) is 8.46. The molecule has 1 aliphatic rings. The van der Waals surface area contributed by atoms with Gasteiger partial charge in [-0.25, -0.2) is 4.79 Å². The van der Waals surface area contributed by atoms with Crippen molar-refractivity contribution in [3.8, 4) is 11.1 Å². The minimum absolute atomic E-state index is 0.00991. The summed E-state index contributed by atoms with van der Waals surface area (Å²) in [5.74, 6) is -1.24. The van der Waals surface area contributed by atoms with Crippen LogP contribution in [0.4, 0.5) is 4.79 Å². The number of carbonyl (C=O) groups excluding carboxylic acids is 2. The molecule has 0 unspecified atom stereocenters. The molecule has 0 radical (unpaired) electrons. The number of carboxylic acids is 1. The predicted molar refractivity (Wildman–Crippen MR) is 121 cm³/mol. The summed E-state index contributed by atoms with van der Waals surface area (Å²) in [6, 6.07) is 16.2. The number of hydrogen-bond acceptors (Lipinski definition) is 4. The zero-order valence-corrected chi connectivity index (χ0v) is 18.8. The number of amides is 2. The van der Waals surface area contributed by atoms with Crippen LogP contribution in [0.1, 0.15) is 50.7 Å². The molecule has 7 heteroatoms. The molecule has 0 atom stereocenters. The first-order valence-electron chi connectivity index (χ1n) is 10.9. The van der Waals surface area contributed by atoms with Crippen molar-refractivity contribution in [2.45, 2.75) is 45.1 Å². The molecule has 1 aliphatic carbocycles. The van der Waals surface area contributed by atoms with Crippen LogP contribution < -0.4 is 5.32 Å². The first-order valence-corrected chi connectivity index (χ1v) is 10.9. The smallest absolute Gasteiger partial charge is 0.408 e. The highest BCUT2D eigenvalue weighted by Crippen LogP contribution is 2.44. The van der Waals surface area contributed by atoms with Crippen molar-refractivity contribution in [2.75, 3.05) is 19.7 Å². The maximum Gasteiger partial charge on any atom is 0.408 e. The Morgan fingerprint density at radius 1 is 1.03 bits per heavy atom. The Bertz CT molecular complexity index is 956. The van der Waals surface area contributed by atoms with Crippen molar-refractivity contribution in [2.24, 2.45) is 0 Å². The lowest BCUT2D eigenvalue weighted by Gasteiger charge is -2.31. The van der Waals surface area contributed by atoms with E-state index in [4.69, 9.17) is 9.84 Å². The first kappa shape index (κ1) is 23.3. The van der Waals surface area contributed by atoms with E-state index >= 15 is 0 Å². The van der Waals surface area contributed by atoms with Crippen LogP contribution in [-0.2, 0) is 14.3 Å². The second kappa shape index (κ2) is 9.85. The Kier molecular flexibility index (Phi) is 7.18. The Morgan fingerprint density at radius 3 is 2.12 bits per heavy atom. The van der Waals surface area contributed by atoms with Crippen LogP contribution in [0.5, 0.6) is 0 Å². The number of benzene rings is 2. The molecule has 0 spiro atoms. The zero-order chi connectivity index (χ0) is 23.3. The van der Waals surface area contributed by atoms with E-state index < -0.39 is 17.6 Å². The monoisotopic (exact) mass is 438 g/mol. The number of carbonyl (C=O) groups is 3. The minimum Gasteiger partial charge on any atom is -0.481 e. The molecule has 2 N–H and O–H groups in total. The van der Waals surface area contributed by atoms with E-state index in [1.165, 1.54) is 0 Å². The highest BCUT2D eigenvalue weighted by Gasteiger charge is 2.34. The fraction of sp³-hybridized carbons (Fsp3) is 0.400. The number of nitrogens with zero attached hydrogens (tertiary/aromatic N) is 1. The maximum atomic E-state index is 12.9. The van der Waals surface area contributed by atoms with Gasteiger partial charge in [0.05, 0.1) is 0 Å². The summed E-state index contributed by atoms with van der Waals surface area (Å²) in [5.41, 5.74) is 3.35. The van der Waals surface area contributed by atoms with Crippen molar-refractivity contribution in [3.05, 3.63) is 59.7 Å². The van der Waals surface area contributed by atoms with E-state index in [1.807, 2.05) is 43.3 Å². The number of carboxylic acid groups (broad SMARTS) is 1. The van der Waals surface area contributed by atoms with Gasteiger partial charge in [0.25, 0.3) is 0 Å². The normalized spacial score (nSPS) is 12.6. The molecule has 170 valence electrons. The molecule has 7 nitrogen and oxygen atoms in total. The van der Waals surface area contributed by atoms with Gasteiger partial charge in [0.2, 0.25) is 5.91 Å². The molecule has 2 aromatic rings. The molecule has 0 heterocycles. The van der Waals surface area contributed by atoms with Gasteiger partial charge in [-0.1, -0.05) is 48.5 Å². The van der Waals surface area contributed by atoms with E-state index in [1.54, 1.807) is 18.7 Å². The van der Waals surface area contributed by atoms with Gasteiger partial charge in [-0.15, -0.1) is 0 Å². The van der Waals surface area contributed by atoms with Gasteiger partial charge in [-0.3, -0.25) is 9.59 Å². The number of aliphatic carboxylic acids is 1. The predicted octanol–water partition coefficient (Wildman–Crippen LogP) is 4.02. The zero-order valence-electron chi connectivity index (χ0n) is 18.8. The highest BCUT2D eigenvalue weighted by atomic mass is 16.5. The molecule has 0 aliphatic heterocycles. The van der Waals surface area contributed by atoms with Crippen LogP contribution >= 0.6 is 0 Å². The van der Waals surface area contributed by atoms with Crippen LogP contribution in [0.25, 0.3) is 11.1 Å². The van der Waals surface area contributed by atoms with E-state index in [0.717, 1.165) is 22.3 Å². The van der Waals surface area contributed by atoms with E-state index in [2.05, 4.69) is 17.4 Å². The lowest BCUT2D eigenvalue weighted by molar-refractivity contribution is -0.139. The Labute approximate surface area is 188 Å². The summed E-state index contributed by atoms with van der Waals surface area (Å²) in [4.78, 5) is 37.8. The van der Waals surface area contributed by atoms with Crippen LogP contribution in [0.2, 0.25) is 0 Å². The van der Waals surface area contributed by atoms with Gasteiger partial charge < -0.3 is 20.1 Å². The summed E-state index contributed by atoms with van der Waals surface area (Å²) in [5, 5.41) is 11.5. The van der Waals surface area contributed by atoms with Crippen LogP contribution in [-0.4, -0.2) is 53.2 Å². The SMILES string of the molecule is CCN(CCCC(=O)O)C(=O)C(C)(C)NC(=O)OCC1c2ccccc2-c2ccccc21. The summed E-state index contributed by atoms with van der Waals surface area (Å²) in [6.07, 6.45) is -0.313. The van der Waals surface area contributed by atoms with Crippen molar-refractivity contribution in [1.29, 1.82) is 0 Å². The van der Waals surface area contributed by atoms with Crippen molar-refractivity contribution < 1.29 is 24.2 Å². The molecule has 2 aromatic carbocycles. The molecule has 0 saturated heterocycles. The molecular weight excluding hydrogens is 408 g/mol. The molecule has 0 fully saturated rings. The third-order valence-corrected chi connectivity index (χ3v) is 5.78. The van der Waals surface area contributed by atoms with E-state index in [-0.39, 0.29) is 24.9 Å². The summed E-state index contributed by atoms with van der Waals surface area (Å²) in [6.45, 7) is 5.97.